The molecule has 0 N–H and O–H groups in total. The fourth-order valence-corrected chi connectivity index (χ4v) is 1.41. The van der Waals surface area contributed by atoms with Gasteiger partial charge in [-0.3, -0.25) is 4.79 Å². The molecule has 6 heteroatoms. The van der Waals surface area contributed by atoms with Gasteiger partial charge in [-0.2, -0.15) is 0 Å². The number of carbonyl (C=O) groups excluding carboxylic acids is 1. The third-order valence-electron chi connectivity index (χ3n) is 2.14. The van der Waals surface area contributed by atoms with Crippen molar-refractivity contribution in [3.05, 3.63) is 34.2 Å². The summed E-state index contributed by atoms with van der Waals surface area (Å²) in [4.78, 5) is 14.2. The van der Waals surface area contributed by atoms with Crippen molar-refractivity contribution in [2.24, 2.45) is 5.11 Å². The Bertz CT molecular complexity index is 468. The minimum atomic E-state index is -0.253. The SMILES string of the molecule is CCOc1ccc(C(=O)CN=[N+]=[N-])cc1OCC. The van der Waals surface area contributed by atoms with Crippen molar-refractivity contribution < 1.29 is 14.3 Å². The van der Waals surface area contributed by atoms with Crippen LogP contribution in [0.15, 0.2) is 23.3 Å². The van der Waals surface area contributed by atoms with Gasteiger partial charge in [0.15, 0.2) is 17.3 Å². The van der Waals surface area contributed by atoms with Crippen LogP contribution in [-0.2, 0) is 0 Å². The van der Waals surface area contributed by atoms with Crippen LogP contribution < -0.4 is 9.47 Å². The average molecular weight is 249 g/mol. The van der Waals surface area contributed by atoms with Gasteiger partial charge in [-0.1, -0.05) is 5.11 Å². The Balaban J connectivity index is 2.97. The van der Waals surface area contributed by atoms with Crippen molar-refractivity contribution in [3.63, 3.8) is 0 Å². The van der Waals surface area contributed by atoms with Crippen molar-refractivity contribution in [1.29, 1.82) is 0 Å². The highest BCUT2D eigenvalue weighted by Crippen LogP contribution is 2.28. The molecule has 1 aromatic rings. The highest BCUT2D eigenvalue weighted by molar-refractivity contribution is 5.98. The number of rotatable bonds is 7. The van der Waals surface area contributed by atoms with Crippen molar-refractivity contribution >= 4 is 5.78 Å². The molecule has 0 spiro atoms. The maximum absolute atomic E-state index is 11.7. The smallest absolute Gasteiger partial charge is 0.168 e. The van der Waals surface area contributed by atoms with Crippen molar-refractivity contribution in [2.45, 2.75) is 13.8 Å². The molecule has 0 fully saturated rings. The lowest BCUT2D eigenvalue weighted by molar-refractivity contribution is 0.100. The fourth-order valence-electron chi connectivity index (χ4n) is 1.41. The van der Waals surface area contributed by atoms with E-state index in [2.05, 4.69) is 10.0 Å². The number of ketones is 1. The van der Waals surface area contributed by atoms with E-state index in [9.17, 15) is 4.79 Å². The van der Waals surface area contributed by atoms with Gasteiger partial charge in [0, 0.05) is 10.5 Å². The van der Waals surface area contributed by atoms with Gasteiger partial charge >= 0.3 is 0 Å². The van der Waals surface area contributed by atoms with Gasteiger partial charge in [-0.25, -0.2) is 0 Å². The molecule has 0 radical (unpaired) electrons. The van der Waals surface area contributed by atoms with Crippen molar-refractivity contribution in [3.8, 4) is 11.5 Å². The molecular weight excluding hydrogens is 234 g/mol. The van der Waals surface area contributed by atoms with E-state index in [4.69, 9.17) is 15.0 Å². The van der Waals surface area contributed by atoms with Gasteiger partial charge in [0.25, 0.3) is 0 Å². The topological polar surface area (TPSA) is 84.3 Å². The van der Waals surface area contributed by atoms with Gasteiger partial charge in [-0.15, -0.1) is 0 Å². The number of Topliss-reactive ketones (excluding diaryl/α,β-unsaturated/α-hetero) is 1. The van der Waals surface area contributed by atoms with E-state index in [1.165, 1.54) is 0 Å². The number of benzene rings is 1. The van der Waals surface area contributed by atoms with E-state index in [1.807, 2.05) is 13.8 Å². The Morgan fingerprint density at radius 1 is 1.28 bits per heavy atom. The van der Waals surface area contributed by atoms with Crippen LogP contribution in [0, 0.1) is 0 Å². The fraction of sp³-hybridized carbons (Fsp3) is 0.417. The van der Waals surface area contributed by atoms with Crippen LogP contribution >= 0.6 is 0 Å². The lowest BCUT2D eigenvalue weighted by Crippen LogP contribution is -2.05. The standard InChI is InChI=1S/C12H15N3O3/c1-3-17-11-6-5-9(7-12(11)18-4-2)10(16)8-14-15-13/h5-7H,3-4,8H2,1-2H3. The van der Waals surface area contributed by atoms with E-state index in [0.29, 0.717) is 30.3 Å². The van der Waals surface area contributed by atoms with Crippen LogP contribution in [-0.4, -0.2) is 25.5 Å². The quantitative estimate of drug-likeness (QED) is 0.322. The van der Waals surface area contributed by atoms with E-state index in [1.54, 1.807) is 18.2 Å². The van der Waals surface area contributed by atoms with Crippen LogP contribution in [0.2, 0.25) is 0 Å². The van der Waals surface area contributed by atoms with Crippen LogP contribution in [0.25, 0.3) is 10.4 Å². The number of carbonyl (C=O) groups is 1. The van der Waals surface area contributed by atoms with E-state index in [0.717, 1.165) is 0 Å². The first kappa shape index (κ1) is 13.9. The predicted octanol–water partition coefficient (Wildman–Crippen LogP) is 2.98. The second-order valence-electron chi connectivity index (χ2n) is 3.34. The molecule has 0 aliphatic heterocycles. The molecule has 0 bridgehead atoms. The third kappa shape index (κ3) is 3.68. The molecular formula is C12H15N3O3. The summed E-state index contributed by atoms with van der Waals surface area (Å²) in [5.74, 6) is 0.864. The van der Waals surface area contributed by atoms with Crippen molar-refractivity contribution in [1.82, 2.24) is 0 Å². The highest BCUT2D eigenvalue weighted by atomic mass is 16.5. The Morgan fingerprint density at radius 2 is 1.94 bits per heavy atom. The molecule has 0 aliphatic rings. The summed E-state index contributed by atoms with van der Waals surface area (Å²) in [6.07, 6.45) is 0. The molecule has 0 aromatic heterocycles. The van der Waals surface area contributed by atoms with Crippen LogP contribution in [0.4, 0.5) is 0 Å². The highest BCUT2D eigenvalue weighted by Gasteiger charge is 2.10. The first-order valence-corrected chi connectivity index (χ1v) is 5.66. The lowest BCUT2D eigenvalue weighted by Gasteiger charge is -2.11. The number of hydrogen-bond donors (Lipinski definition) is 0. The maximum atomic E-state index is 11.7. The summed E-state index contributed by atoms with van der Waals surface area (Å²) in [6.45, 7) is 4.52. The lowest BCUT2D eigenvalue weighted by atomic mass is 10.1. The zero-order chi connectivity index (χ0) is 13.4. The number of nitrogens with zero attached hydrogens (tertiary/aromatic N) is 3. The van der Waals surface area contributed by atoms with Crippen LogP contribution in [0.5, 0.6) is 11.5 Å². The zero-order valence-corrected chi connectivity index (χ0v) is 10.4. The summed E-state index contributed by atoms with van der Waals surface area (Å²) in [7, 11) is 0. The molecule has 6 nitrogen and oxygen atoms in total. The average Bonchev–Trinajstić information content (AvgIpc) is 2.38. The summed E-state index contributed by atoms with van der Waals surface area (Å²) in [6, 6.07) is 4.91. The van der Waals surface area contributed by atoms with E-state index >= 15 is 0 Å². The molecule has 0 atom stereocenters. The molecule has 18 heavy (non-hydrogen) atoms. The second kappa shape index (κ2) is 7.19. The van der Waals surface area contributed by atoms with Crippen molar-refractivity contribution in [2.75, 3.05) is 19.8 Å². The first-order valence-electron chi connectivity index (χ1n) is 5.66. The Morgan fingerprint density at radius 3 is 2.56 bits per heavy atom. The normalized spacial score (nSPS) is 9.44. The molecule has 0 saturated heterocycles. The van der Waals surface area contributed by atoms with Gasteiger partial charge in [0.2, 0.25) is 0 Å². The summed E-state index contributed by atoms with van der Waals surface area (Å²) in [5, 5.41) is 3.24. The number of hydrogen-bond acceptors (Lipinski definition) is 4. The van der Waals surface area contributed by atoms with Gasteiger partial charge < -0.3 is 9.47 Å². The number of azide groups is 1. The first-order chi connectivity index (χ1) is 8.72. The predicted molar refractivity (Wildman–Crippen MR) is 67.1 cm³/mol. The molecule has 0 amide bonds. The maximum Gasteiger partial charge on any atom is 0.168 e. The largest absolute Gasteiger partial charge is 0.490 e. The molecule has 1 aromatic carbocycles. The van der Waals surface area contributed by atoms with Crippen LogP contribution in [0.1, 0.15) is 24.2 Å². The third-order valence-corrected chi connectivity index (χ3v) is 2.14. The Hall–Kier alpha value is -2.20. The summed E-state index contributed by atoms with van der Waals surface area (Å²) < 4.78 is 10.8. The molecule has 0 aliphatic carbocycles. The molecule has 1 rings (SSSR count). The summed E-state index contributed by atoms with van der Waals surface area (Å²) in [5.41, 5.74) is 8.62. The Labute approximate surface area is 105 Å². The molecule has 0 saturated carbocycles. The zero-order valence-electron chi connectivity index (χ0n) is 10.4. The molecule has 0 unspecified atom stereocenters. The van der Waals surface area contributed by atoms with E-state index in [-0.39, 0.29) is 12.3 Å². The van der Waals surface area contributed by atoms with Gasteiger partial charge in [0.1, 0.15) is 0 Å². The minimum Gasteiger partial charge on any atom is -0.490 e. The Kier molecular flexibility index (Phi) is 5.54. The molecule has 96 valence electrons. The molecule has 0 heterocycles. The minimum absolute atomic E-state index is 0.198. The van der Waals surface area contributed by atoms with Gasteiger partial charge in [0.05, 0.1) is 19.8 Å². The monoisotopic (exact) mass is 249 g/mol. The van der Waals surface area contributed by atoms with Crippen LogP contribution in [0.3, 0.4) is 0 Å². The summed E-state index contributed by atoms with van der Waals surface area (Å²) >= 11 is 0. The van der Waals surface area contributed by atoms with E-state index < -0.39 is 0 Å². The second-order valence-corrected chi connectivity index (χ2v) is 3.34. The van der Waals surface area contributed by atoms with Gasteiger partial charge in [-0.05, 0) is 37.6 Å². The number of ether oxygens (including phenoxy) is 2.